The average molecular weight is 368 g/mol. The molecule has 1 aliphatic rings. The monoisotopic (exact) mass is 367 g/mol. The number of hydrogen-bond donors (Lipinski definition) is 0. The fourth-order valence-electron chi connectivity index (χ4n) is 3.36. The average Bonchev–Trinajstić information content (AvgIpc) is 2.93. The van der Waals surface area contributed by atoms with Crippen LogP contribution in [-0.2, 0) is 4.79 Å². The van der Waals surface area contributed by atoms with Gasteiger partial charge in [-0.15, -0.1) is 0 Å². The third kappa shape index (κ3) is 4.76. The molecule has 1 atom stereocenters. The normalized spacial score (nSPS) is 17.6. The Balaban J connectivity index is 1.53. The zero-order chi connectivity index (χ0) is 18.4. The van der Waals surface area contributed by atoms with Crippen LogP contribution in [0.4, 0.5) is 0 Å². The lowest BCUT2D eigenvalue weighted by molar-refractivity contribution is -0.130. The first-order chi connectivity index (χ1) is 12.6. The zero-order valence-electron chi connectivity index (χ0n) is 15.2. The number of thioether (sulfide) groups is 1. The molecule has 26 heavy (non-hydrogen) atoms. The van der Waals surface area contributed by atoms with Gasteiger partial charge in [0, 0.05) is 42.5 Å². The Morgan fingerprint density at radius 2 is 1.73 bits per heavy atom. The summed E-state index contributed by atoms with van der Waals surface area (Å²) >= 11 is 1.93. The third-order valence-electron chi connectivity index (χ3n) is 4.89. The van der Waals surface area contributed by atoms with Gasteiger partial charge in [-0.05, 0) is 24.5 Å². The molecule has 0 aromatic heterocycles. The Bertz CT molecular complexity index is 760. The van der Waals surface area contributed by atoms with Crippen LogP contribution in [0.1, 0.15) is 46.0 Å². The number of ketones is 1. The Morgan fingerprint density at radius 1 is 1.00 bits per heavy atom. The van der Waals surface area contributed by atoms with Gasteiger partial charge < -0.3 is 4.90 Å². The molecule has 1 saturated heterocycles. The van der Waals surface area contributed by atoms with E-state index in [4.69, 9.17) is 0 Å². The Labute approximate surface area is 159 Å². The summed E-state index contributed by atoms with van der Waals surface area (Å²) in [6.45, 7) is 3.69. The van der Waals surface area contributed by atoms with E-state index in [9.17, 15) is 9.59 Å². The van der Waals surface area contributed by atoms with E-state index in [0.29, 0.717) is 17.2 Å². The third-order valence-corrected chi connectivity index (χ3v) is 6.20. The summed E-state index contributed by atoms with van der Waals surface area (Å²) in [5.74, 6) is 1.08. The number of aryl methyl sites for hydroxylation is 1. The first-order valence-corrected chi connectivity index (χ1v) is 10.2. The van der Waals surface area contributed by atoms with Crippen molar-refractivity contribution in [1.29, 1.82) is 0 Å². The van der Waals surface area contributed by atoms with Crippen molar-refractivity contribution < 1.29 is 9.59 Å². The highest BCUT2D eigenvalue weighted by Gasteiger charge is 2.23. The summed E-state index contributed by atoms with van der Waals surface area (Å²) < 4.78 is 0. The molecule has 1 aliphatic heterocycles. The molecule has 0 bridgehead atoms. The molecule has 136 valence electrons. The standard InChI is InChI=1S/C22H25NO2S/c1-17-7-5-6-10-19(17)21-13-14-23(15-16-26-21)22(25)12-11-20(24)18-8-3-2-4-9-18/h2-10,21H,11-16H2,1H3. The largest absolute Gasteiger partial charge is 0.342 e. The summed E-state index contributed by atoms with van der Waals surface area (Å²) in [5.41, 5.74) is 3.38. The van der Waals surface area contributed by atoms with E-state index in [1.807, 2.05) is 47.0 Å². The first kappa shape index (κ1) is 18.7. The van der Waals surface area contributed by atoms with Gasteiger partial charge in [-0.2, -0.15) is 11.8 Å². The van der Waals surface area contributed by atoms with Crippen molar-refractivity contribution in [1.82, 2.24) is 4.90 Å². The fraction of sp³-hybridized carbons (Fsp3) is 0.364. The van der Waals surface area contributed by atoms with Crippen molar-refractivity contribution in [2.45, 2.75) is 31.4 Å². The maximum atomic E-state index is 12.6. The van der Waals surface area contributed by atoms with Gasteiger partial charge in [-0.1, -0.05) is 54.6 Å². The number of rotatable bonds is 5. The highest BCUT2D eigenvalue weighted by molar-refractivity contribution is 7.99. The molecule has 0 aliphatic carbocycles. The van der Waals surface area contributed by atoms with Gasteiger partial charge in [0.1, 0.15) is 0 Å². The number of carbonyl (C=O) groups is 2. The minimum Gasteiger partial charge on any atom is -0.342 e. The quantitative estimate of drug-likeness (QED) is 0.721. The number of Topliss-reactive ketones (excluding diaryl/α,β-unsaturated/α-hetero) is 1. The lowest BCUT2D eigenvalue weighted by atomic mass is 10.0. The number of hydrogen-bond acceptors (Lipinski definition) is 3. The predicted molar refractivity (Wildman–Crippen MR) is 108 cm³/mol. The van der Waals surface area contributed by atoms with E-state index in [-0.39, 0.29) is 18.1 Å². The summed E-state index contributed by atoms with van der Waals surface area (Å²) in [6.07, 6.45) is 1.55. The molecule has 3 rings (SSSR count). The molecule has 3 nitrogen and oxygen atoms in total. The Morgan fingerprint density at radius 3 is 2.50 bits per heavy atom. The number of amides is 1. The van der Waals surface area contributed by atoms with Gasteiger partial charge in [0.2, 0.25) is 5.91 Å². The molecule has 0 spiro atoms. The van der Waals surface area contributed by atoms with E-state index < -0.39 is 0 Å². The second-order valence-corrected chi connectivity index (χ2v) is 7.99. The summed E-state index contributed by atoms with van der Waals surface area (Å²) in [5, 5.41) is 0.444. The van der Waals surface area contributed by atoms with Crippen LogP contribution in [0.3, 0.4) is 0 Å². The number of carbonyl (C=O) groups excluding carboxylic acids is 2. The second-order valence-electron chi connectivity index (χ2n) is 6.67. The van der Waals surface area contributed by atoms with Crippen molar-refractivity contribution in [2.75, 3.05) is 18.8 Å². The van der Waals surface area contributed by atoms with Crippen molar-refractivity contribution in [2.24, 2.45) is 0 Å². The van der Waals surface area contributed by atoms with Gasteiger partial charge >= 0.3 is 0 Å². The molecule has 1 heterocycles. The SMILES string of the molecule is Cc1ccccc1C1CCN(C(=O)CCC(=O)c2ccccc2)CCS1. The number of nitrogens with zero attached hydrogens (tertiary/aromatic N) is 1. The molecule has 1 fully saturated rings. The van der Waals surface area contributed by atoms with E-state index in [1.165, 1.54) is 11.1 Å². The van der Waals surface area contributed by atoms with E-state index >= 15 is 0 Å². The van der Waals surface area contributed by atoms with Gasteiger partial charge in [0.15, 0.2) is 5.78 Å². The highest BCUT2D eigenvalue weighted by Crippen LogP contribution is 2.36. The van der Waals surface area contributed by atoms with Crippen molar-refractivity contribution in [3.8, 4) is 0 Å². The Hall–Kier alpha value is -2.07. The van der Waals surface area contributed by atoms with Crippen LogP contribution in [0, 0.1) is 6.92 Å². The lowest BCUT2D eigenvalue weighted by Crippen LogP contribution is -2.33. The molecule has 1 amide bonds. The molecular formula is C22H25NO2S. The van der Waals surface area contributed by atoms with E-state index in [1.54, 1.807) is 0 Å². The van der Waals surface area contributed by atoms with E-state index in [2.05, 4.69) is 31.2 Å². The van der Waals surface area contributed by atoms with Crippen molar-refractivity contribution in [3.05, 3.63) is 71.3 Å². The minimum absolute atomic E-state index is 0.0425. The van der Waals surface area contributed by atoms with Gasteiger partial charge in [0.25, 0.3) is 0 Å². The summed E-state index contributed by atoms with van der Waals surface area (Å²) in [6, 6.07) is 17.7. The summed E-state index contributed by atoms with van der Waals surface area (Å²) in [7, 11) is 0. The van der Waals surface area contributed by atoms with Crippen LogP contribution in [0.5, 0.6) is 0 Å². The van der Waals surface area contributed by atoms with Gasteiger partial charge in [-0.3, -0.25) is 9.59 Å². The molecule has 2 aromatic rings. The molecule has 0 N–H and O–H groups in total. The van der Waals surface area contributed by atoms with Crippen molar-refractivity contribution >= 4 is 23.5 Å². The summed E-state index contributed by atoms with van der Waals surface area (Å²) in [4.78, 5) is 26.7. The predicted octanol–water partition coefficient (Wildman–Crippen LogP) is 4.66. The van der Waals surface area contributed by atoms with Crippen LogP contribution >= 0.6 is 11.8 Å². The highest BCUT2D eigenvalue weighted by atomic mass is 32.2. The molecule has 1 unspecified atom stereocenters. The van der Waals surface area contributed by atoms with Crippen LogP contribution in [-0.4, -0.2) is 35.4 Å². The minimum atomic E-state index is 0.0425. The second kappa shape index (κ2) is 9.04. The maximum Gasteiger partial charge on any atom is 0.223 e. The molecule has 0 saturated carbocycles. The maximum absolute atomic E-state index is 12.6. The van der Waals surface area contributed by atoms with Crippen LogP contribution in [0.25, 0.3) is 0 Å². The fourth-order valence-corrected chi connectivity index (χ4v) is 4.69. The number of benzene rings is 2. The molecule has 0 radical (unpaired) electrons. The molecule has 2 aromatic carbocycles. The van der Waals surface area contributed by atoms with Crippen molar-refractivity contribution in [3.63, 3.8) is 0 Å². The molecule has 4 heteroatoms. The van der Waals surface area contributed by atoms with Gasteiger partial charge in [0.05, 0.1) is 0 Å². The molecular weight excluding hydrogens is 342 g/mol. The first-order valence-electron chi connectivity index (χ1n) is 9.18. The Kier molecular flexibility index (Phi) is 6.51. The van der Waals surface area contributed by atoms with Gasteiger partial charge in [-0.25, -0.2) is 0 Å². The zero-order valence-corrected chi connectivity index (χ0v) is 16.0. The van der Waals surface area contributed by atoms with Crippen LogP contribution in [0.15, 0.2) is 54.6 Å². The lowest BCUT2D eigenvalue weighted by Gasteiger charge is -2.20. The van der Waals surface area contributed by atoms with Crippen LogP contribution < -0.4 is 0 Å². The van der Waals surface area contributed by atoms with E-state index in [0.717, 1.165) is 25.3 Å². The smallest absolute Gasteiger partial charge is 0.223 e. The topological polar surface area (TPSA) is 37.4 Å². The van der Waals surface area contributed by atoms with Crippen LogP contribution in [0.2, 0.25) is 0 Å².